The third kappa shape index (κ3) is 3.15. The number of carbonyl (C=O) groups is 1. The number of rotatable bonds is 4. The summed E-state index contributed by atoms with van der Waals surface area (Å²) in [4.78, 5) is 16.3. The van der Waals surface area contributed by atoms with E-state index >= 15 is 0 Å². The fourth-order valence-electron chi connectivity index (χ4n) is 4.11. The van der Waals surface area contributed by atoms with Crippen molar-refractivity contribution in [3.63, 3.8) is 0 Å². The number of likely N-dealkylation sites (tertiary alicyclic amines) is 1. The first-order chi connectivity index (χ1) is 12.3. The molecule has 2 aromatic heterocycles. The number of hydrogen-bond acceptors (Lipinski definition) is 7. The van der Waals surface area contributed by atoms with Crippen molar-refractivity contribution in [1.82, 2.24) is 30.2 Å². The van der Waals surface area contributed by atoms with Gasteiger partial charge < -0.3 is 14.5 Å². The van der Waals surface area contributed by atoms with Crippen LogP contribution in [0.15, 0.2) is 12.1 Å². The van der Waals surface area contributed by atoms with Gasteiger partial charge in [-0.25, -0.2) is 0 Å². The largest absolute Gasteiger partial charge is 0.375 e. The molecule has 1 amide bonds. The molecule has 134 valence electrons. The summed E-state index contributed by atoms with van der Waals surface area (Å²) in [5.74, 6) is 1.61. The average Bonchev–Trinajstić information content (AvgIpc) is 3.30. The second-order valence-electron chi connectivity index (χ2n) is 6.77. The molecule has 9 nitrogen and oxygen atoms in total. The molecule has 0 saturated carbocycles. The maximum atomic E-state index is 12.0. The van der Waals surface area contributed by atoms with E-state index < -0.39 is 0 Å². The van der Waals surface area contributed by atoms with Crippen molar-refractivity contribution in [1.29, 1.82) is 0 Å². The molecule has 2 saturated heterocycles. The van der Waals surface area contributed by atoms with Crippen LogP contribution in [0.5, 0.6) is 0 Å². The first kappa shape index (κ1) is 16.2. The SMILES string of the molecule is COCC(=O)N1CCC(C2CCCN2c2ccc3nnnn3n2)CC1. The Kier molecular flexibility index (Phi) is 4.48. The summed E-state index contributed by atoms with van der Waals surface area (Å²) in [6.45, 7) is 2.82. The van der Waals surface area contributed by atoms with Gasteiger partial charge in [0, 0.05) is 32.8 Å². The van der Waals surface area contributed by atoms with E-state index in [1.807, 2.05) is 17.0 Å². The van der Waals surface area contributed by atoms with Gasteiger partial charge in [-0.3, -0.25) is 4.79 Å². The van der Waals surface area contributed by atoms with Crippen LogP contribution in [0, 0.1) is 5.92 Å². The van der Waals surface area contributed by atoms with Crippen molar-refractivity contribution >= 4 is 17.4 Å². The predicted molar refractivity (Wildman–Crippen MR) is 90.1 cm³/mol. The fourth-order valence-corrected chi connectivity index (χ4v) is 4.11. The molecule has 2 fully saturated rings. The number of aromatic nitrogens is 5. The zero-order valence-electron chi connectivity index (χ0n) is 14.4. The molecule has 25 heavy (non-hydrogen) atoms. The van der Waals surface area contributed by atoms with Crippen molar-refractivity contribution in [3.05, 3.63) is 12.1 Å². The molecule has 2 aromatic rings. The summed E-state index contributed by atoms with van der Waals surface area (Å²) in [5, 5.41) is 16.0. The van der Waals surface area contributed by atoms with Gasteiger partial charge in [0.05, 0.1) is 0 Å². The van der Waals surface area contributed by atoms with E-state index in [1.165, 1.54) is 17.5 Å². The summed E-state index contributed by atoms with van der Waals surface area (Å²) in [6.07, 6.45) is 4.41. The normalized spacial score (nSPS) is 22.0. The highest BCUT2D eigenvalue weighted by Gasteiger charge is 2.35. The highest BCUT2D eigenvalue weighted by atomic mass is 16.5. The molecule has 9 heteroatoms. The average molecular weight is 345 g/mol. The van der Waals surface area contributed by atoms with E-state index in [1.54, 1.807) is 7.11 Å². The minimum absolute atomic E-state index is 0.0926. The van der Waals surface area contributed by atoms with E-state index in [4.69, 9.17) is 4.74 Å². The highest BCUT2D eigenvalue weighted by molar-refractivity contribution is 5.77. The second-order valence-corrected chi connectivity index (χ2v) is 6.77. The number of carbonyl (C=O) groups excluding carboxylic acids is 1. The van der Waals surface area contributed by atoms with Crippen LogP contribution < -0.4 is 4.90 Å². The van der Waals surface area contributed by atoms with Gasteiger partial charge in [-0.15, -0.1) is 14.8 Å². The van der Waals surface area contributed by atoms with Crippen molar-refractivity contribution in [2.24, 2.45) is 5.92 Å². The Labute approximate surface area is 145 Å². The van der Waals surface area contributed by atoms with Crippen molar-refractivity contribution in [3.8, 4) is 0 Å². The molecule has 0 aliphatic carbocycles. The number of nitrogens with zero attached hydrogens (tertiary/aromatic N) is 7. The Balaban J connectivity index is 1.44. The summed E-state index contributed by atoms with van der Waals surface area (Å²) >= 11 is 0. The molecule has 0 aromatic carbocycles. The zero-order valence-corrected chi connectivity index (χ0v) is 14.4. The van der Waals surface area contributed by atoms with E-state index in [0.717, 1.165) is 38.3 Å². The lowest BCUT2D eigenvalue weighted by atomic mass is 9.88. The minimum Gasteiger partial charge on any atom is -0.375 e. The number of fused-ring (bicyclic) bond motifs is 1. The highest BCUT2D eigenvalue weighted by Crippen LogP contribution is 2.33. The standard InChI is InChI=1S/C16H23N7O2/c1-25-11-16(24)21-9-6-12(7-10-21)13-3-2-8-22(13)15-5-4-14-17-19-20-23(14)18-15/h4-5,12-13H,2-3,6-11H2,1H3. The summed E-state index contributed by atoms with van der Waals surface area (Å²) < 4.78 is 6.44. The maximum absolute atomic E-state index is 12.0. The Morgan fingerprint density at radius 2 is 2.08 bits per heavy atom. The van der Waals surface area contributed by atoms with Crippen LogP contribution in [-0.4, -0.2) is 75.5 Å². The monoisotopic (exact) mass is 345 g/mol. The minimum atomic E-state index is 0.0926. The van der Waals surface area contributed by atoms with Crippen LogP contribution in [0.2, 0.25) is 0 Å². The van der Waals surface area contributed by atoms with Crippen molar-refractivity contribution in [2.45, 2.75) is 31.7 Å². The Hall–Kier alpha value is -2.29. The van der Waals surface area contributed by atoms with Crippen LogP contribution >= 0.6 is 0 Å². The quantitative estimate of drug-likeness (QED) is 0.791. The molecule has 4 heterocycles. The van der Waals surface area contributed by atoms with E-state index in [0.29, 0.717) is 17.6 Å². The lowest BCUT2D eigenvalue weighted by molar-refractivity contribution is -0.136. The number of piperidine rings is 1. The van der Waals surface area contributed by atoms with Gasteiger partial charge in [0.15, 0.2) is 11.5 Å². The number of methoxy groups -OCH3 is 1. The Bertz CT molecular complexity index is 741. The summed E-state index contributed by atoms with van der Waals surface area (Å²) in [7, 11) is 1.57. The zero-order chi connectivity index (χ0) is 17.2. The Morgan fingerprint density at radius 3 is 2.88 bits per heavy atom. The van der Waals surface area contributed by atoms with Crippen LogP contribution in [0.4, 0.5) is 5.82 Å². The third-order valence-electron chi connectivity index (χ3n) is 5.35. The molecule has 0 N–H and O–H groups in total. The first-order valence-corrected chi connectivity index (χ1v) is 8.85. The summed E-state index contributed by atoms with van der Waals surface area (Å²) in [5.41, 5.74) is 0.657. The molecular formula is C16H23N7O2. The molecule has 1 atom stereocenters. The van der Waals surface area contributed by atoms with Crippen LogP contribution in [0.1, 0.15) is 25.7 Å². The first-order valence-electron chi connectivity index (χ1n) is 8.85. The Morgan fingerprint density at radius 1 is 1.24 bits per heavy atom. The van der Waals surface area contributed by atoms with Gasteiger partial charge in [-0.1, -0.05) is 0 Å². The summed E-state index contributed by atoms with van der Waals surface area (Å²) in [6, 6.07) is 4.38. The molecule has 4 rings (SSSR count). The number of amides is 1. The number of ether oxygens (including phenoxy) is 1. The third-order valence-corrected chi connectivity index (χ3v) is 5.35. The molecular weight excluding hydrogens is 322 g/mol. The van der Waals surface area contributed by atoms with Gasteiger partial charge in [-0.05, 0) is 54.2 Å². The van der Waals surface area contributed by atoms with Crippen molar-refractivity contribution < 1.29 is 9.53 Å². The van der Waals surface area contributed by atoms with E-state index in [-0.39, 0.29) is 12.5 Å². The topological polar surface area (TPSA) is 88.8 Å². The van der Waals surface area contributed by atoms with E-state index in [9.17, 15) is 4.79 Å². The molecule has 2 aliphatic heterocycles. The molecule has 0 radical (unpaired) electrons. The molecule has 0 bridgehead atoms. The van der Waals surface area contributed by atoms with Crippen LogP contribution in [0.3, 0.4) is 0 Å². The van der Waals surface area contributed by atoms with Crippen LogP contribution in [-0.2, 0) is 9.53 Å². The van der Waals surface area contributed by atoms with Gasteiger partial charge in [-0.2, -0.15) is 0 Å². The smallest absolute Gasteiger partial charge is 0.248 e. The van der Waals surface area contributed by atoms with Crippen LogP contribution in [0.25, 0.3) is 5.65 Å². The number of tetrazole rings is 1. The molecule has 1 unspecified atom stereocenters. The maximum Gasteiger partial charge on any atom is 0.248 e. The lowest BCUT2D eigenvalue weighted by Gasteiger charge is -2.38. The van der Waals surface area contributed by atoms with Crippen molar-refractivity contribution in [2.75, 3.05) is 38.3 Å². The fraction of sp³-hybridized carbons (Fsp3) is 0.688. The number of hydrogen-bond donors (Lipinski definition) is 0. The predicted octanol–water partition coefficient (Wildman–Crippen LogP) is 0.373. The van der Waals surface area contributed by atoms with Gasteiger partial charge >= 0.3 is 0 Å². The van der Waals surface area contributed by atoms with Gasteiger partial charge in [0.25, 0.3) is 0 Å². The second kappa shape index (κ2) is 6.91. The van der Waals surface area contributed by atoms with Gasteiger partial charge in [0.1, 0.15) is 6.61 Å². The molecule has 2 aliphatic rings. The molecule has 0 spiro atoms. The van der Waals surface area contributed by atoms with E-state index in [2.05, 4.69) is 25.5 Å². The number of anilines is 1. The lowest BCUT2D eigenvalue weighted by Crippen LogP contribution is -2.45. The van der Waals surface area contributed by atoms with Gasteiger partial charge in [0.2, 0.25) is 5.91 Å².